The van der Waals surface area contributed by atoms with E-state index in [1.807, 2.05) is 6.07 Å². The number of nitrogens with zero attached hydrogens (tertiary/aromatic N) is 1. The Hall–Kier alpha value is -0.740. The van der Waals surface area contributed by atoms with Gasteiger partial charge in [-0.2, -0.15) is 0 Å². The molecule has 0 aliphatic carbocycles. The van der Waals surface area contributed by atoms with Crippen LogP contribution in [0, 0.1) is 0 Å². The molecule has 3 rings (SSSR count). The molecule has 18 heavy (non-hydrogen) atoms. The molecular weight excluding hydrogens is 292 g/mol. The standard InChI is InChI=1S/C14H19BrN2O/c1-18-12-4-5-13(15)14(8-12)17-10-2-3-11(17)7-9(16)6-10/h4-5,8-11H,2-3,6-7,16H2,1H3. The first kappa shape index (κ1) is 12.3. The Kier molecular flexibility index (Phi) is 3.24. The first-order chi connectivity index (χ1) is 8.69. The highest BCUT2D eigenvalue weighted by atomic mass is 79.9. The lowest BCUT2D eigenvalue weighted by Crippen LogP contribution is -2.47. The summed E-state index contributed by atoms with van der Waals surface area (Å²) in [5.41, 5.74) is 7.39. The van der Waals surface area contributed by atoms with Gasteiger partial charge in [-0.15, -0.1) is 0 Å². The number of piperidine rings is 1. The van der Waals surface area contributed by atoms with E-state index in [4.69, 9.17) is 10.5 Å². The van der Waals surface area contributed by atoms with E-state index in [1.165, 1.54) is 18.5 Å². The molecule has 2 fully saturated rings. The van der Waals surface area contributed by atoms with Crippen LogP contribution in [0.2, 0.25) is 0 Å². The fourth-order valence-corrected chi connectivity index (χ4v) is 3.88. The third-order valence-electron chi connectivity index (χ3n) is 4.20. The van der Waals surface area contributed by atoms with Crippen LogP contribution in [0.4, 0.5) is 5.69 Å². The minimum absolute atomic E-state index is 0.378. The lowest BCUT2D eigenvalue weighted by molar-refractivity contribution is 0.406. The predicted molar refractivity (Wildman–Crippen MR) is 77.2 cm³/mol. The summed E-state index contributed by atoms with van der Waals surface area (Å²) in [5.74, 6) is 0.919. The van der Waals surface area contributed by atoms with Gasteiger partial charge in [0.25, 0.3) is 0 Å². The average molecular weight is 311 g/mol. The zero-order valence-corrected chi connectivity index (χ0v) is 12.2. The molecule has 2 saturated heterocycles. The maximum Gasteiger partial charge on any atom is 0.121 e. The van der Waals surface area contributed by atoms with Crippen molar-refractivity contribution in [2.45, 2.75) is 43.8 Å². The van der Waals surface area contributed by atoms with Crippen molar-refractivity contribution < 1.29 is 4.74 Å². The fraction of sp³-hybridized carbons (Fsp3) is 0.571. The van der Waals surface area contributed by atoms with Crippen molar-refractivity contribution in [1.29, 1.82) is 0 Å². The van der Waals surface area contributed by atoms with Crippen LogP contribution >= 0.6 is 15.9 Å². The number of benzene rings is 1. The topological polar surface area (TPSA) is 38.5 Å². The number of ether oxygens (including phenoxy) is 1. The van der Waals surface area contributed by atoms with Crippen LogP contribution in [0.3, 0.4) is 0 Å². The van der Waals surface area contributed by atoms with E-state index in [-0.39, 0.29) is 0 Å². The summed E-state index contributed by atoms with van der Waals surface area (Å²) in [6, 6.07) is 7.77. The van der Waals surface area contributed by atoms with Crippen LogP contribution in [0.1, 0.15) is 25.7 Å². The van der Waals surface area contributed by atoms with Crippen LogP contribution in [0.15, 0.2) is 22.7 Å². The Morgan fingerprint density at radius 1 is 1.28 bits per heavy atom. The molecule has 2 N–H and O–H groups in total. The van der Waals surface area contributed by atoms with E-state index >= 15 is 0 Å². The largest absolute Gasteiger partial charge is 0.497 e. The van der Waals surface area contributed by atoms with Crippen molar-refractivity contribution in [3.8, 4) is 5.75 Å². The molecule has 0 spiro atoms. The minimum atomic E-state index is 0.378. The summed E-state index contributed by atoms with van der Waals surface area (Å²) < 4.78 is 6.49. The number of anilines is 1. The van der Waals surface area contributed by atoms with Crippen LogP contribution < -0.4 is 15.4 Å². The van der Waals surface area contributed by atoms with Crippen LogP contribution in [0.25, 0.3) is 0 Å². The van der Waals surface area contributed by atoms with E-state index in [9.17, 15) is 0 Å². The van der Waals surface area contributed by atoms with Crippen LogP contribution in [0.5, 0.6) is 5.75 Å². The van der Waals surface area contributed by atoms with Crippen molar-refractivity contribution >= 4 is 21.6 Å². The van der Waals surface area contributed by atoms with Gasteiger partial charge in [-0.3, -0.25) is 0 Å². The Labute approximate surface area is 116 Å². The molecule has 0 radical (unpaired) electrons. The number of nitrogens with two attached hydrogens (primary N) is 1. The van der Waals surface area contributed by atoms with Gasteiger partial charge in [-0.25, -0.2) is 0 Å². The third-order valence-corrected chi connectivity index (χ3v) is 4.87. The zero-order chi connectivity index (χ0) is 12.7. The molecular formula is C14H19BrN2O. The predicted octanol–water partition coefficient (Wildman–Crippen LogP) is 2.92. The highest BCUT2D eigenvalue weighted by Gasteiger charge is 2.40. The SMILES string of the molecule is COc1ccc(Br)c(N2C3CCC2CC(N)C3)c1. The van der Waals surface area contributed by atoms with E-state index in [2.05, 4.69) is 33.0 Å². The Morgan fingerprint density at radius 2 is 1.94 bits per heavy atom. The normalized spacial score (nSPS) is 30.6. The lowest BCUT2D eigenvalue weighted by Gasteiger charge is -2.40. The van der Waals surface area contributed by atoms with Gasteiger partial charge in [-0.05, 0) is 53.7 Å². The first-order valence-corrected chi connectivity index (χ1v) is 7.36. The van der Waals surface area contributed by atoms with Crippen molar-refractivity contribution in [2.24, 2.45) is 5.73 Å². The second-order valence-electron chi connectivity index (χ2n) is 5.34. The van der Waals surface area contributed by atoms with Crippen LogP contribution in [-0.2, 0) is 0 Å². The second-order valence-corrected chi connectivity index (χ2v) is 6.20. The summed E-state index contributed by atoms with van der Waals surface area (Å²) in [6.45, 7) is 0. The van der Waals surface area contributed by atoms with Gasteiger partial charge in [0.05, 0.1) is 12.8 Å². The number of hydrogen-bond donors (Lipinski definition) is 1. The molecule has 2 unspecified atom stereocenters. The monoisotopic (exact) mass is 310 g/mol. The van der Waals surface area contributed by atoms with Gasteiger partial charge in [0.1, 0.15) is 5.75 Å². The molecule has 2 aliphatic heterocycles. The summed E-state index contributed by atoms with van der Waals surface area (Å²) >= 11 is 3.66. The fourth-order valence-electron chi connectivity index (χ4n) is 3.43. The number of methoxy groups -OCH3 is 1. The molecule has 1 aromatic carbocycles. The first-order valence-electron chi connectivity index (χ1n) is 6.56. The maximum absolute atomic E-state index is 6.13. The van der Waals surface area contributed by atoms with Gasteiger partial charge in [0, 0.05) is 28.7 Å². The van der Waals surface area contributed by atoms with Crippen molar-refractivity contribution in [1.82, 2.24) is 0 Å². The number of halogens is 1. The number of rotatable bonds is 2. The molecule has 2 bridgehead atoms. The molecule has 3 nitrogen and oxygen atoms in total. The molecule has 0 aromatic heterocycles. The average Bonchev–Trinajstić information content (AvgIpc) is 2.63. The highest BCUT2D eigenvalue weighted by molar-refractivity contribution is 9.10. The second kappa shape index (κ2) is 4.74. The van der Waals surface area contributed by atoms with Gasteiger partial charge in [0.15, 0.2) is 0 Å². The maximum atomic E-state index is 6.13. The molecule has 98 valence electrons. The quantitative estimate of drug-likeness (QED) is 0.913. The number of fused-ring (bicyclic) bond motifs is 2. The lowest BCUT2D eigenvalue weighted by atomic mass is 9.97. The van der Waals surface area contributed by atoms with E-state index < -0.39 is 0 Å². The third kappa shape index (κ3) is 2.01. The Bertz CT molecular complexity index is 437. The molecule has 4 heteroatoms. The molecule has 1 aromatic rings. The molecule has 2 heterocycles. The van der Waals surface area contributed by atoms with Crippen LogP contribution in [-0.4, -0.2) is 25.2 Å². The molecule has 2 atom stereocenters. The number of hydrogen-bond acceptors (Lipinski definition) is 3. The van der Waals surface area contributed by atoms with Gasteiger partial charge in [-0.1, -0.05) is 0 Å². The van der Waals surface area contributed by atoms with Crippen molar-refractivity contribution in [3.63, 3.8) is 0 Å². The molecule has 0 saturated carbocycles. The molecule has 2 aliphatic rings. The van der Waals surface area contributed by atoms with E-state index in [0.717, 1.165) is 23.1 Å². The summed E-state index contributed by atoms with van der Waals surface area (Å²) in [4.78, 5) is 2.55. The molecule has 0 amide bonds. The van der Waals surface area contributed by atoms with Crippen molar-refractivity contribution in [3.05, 3.63) is 22.7 Å². The Balaban J connectivity index is 1.95. The zero-order valence-electron chi connectivity index (χ0n) is 10.6. The summed E-state index contributed by atoms with van der Waals surface area (Å²) in [5, 5.41) is 0. The Morgan fingerprint density at radius 3 is 2.56 bits per heavy atom. The van der Waals surface area contributed by atoms with E-state index in [1.54, 1.807) is 7.11 Å². The summed E-state index contributed by atoms with van der Waals surface area (Å²) in [7, 11) is 1.72. The highest BCUT2D eigenvalue weighted by Crippen LogP contribution is 2.42. The van der Waals surface area contributed by atoms with Gasteiger partial charge < -0.3 is 15.4 Å². The van der Waals surface area contributed by atoms with Gasteiger partial charge >= 0.3 is 0 Å². The van der Waals surface area contributed by atoms with E-state index in [0.29, 0.717) is 18.1 Å². The minimum Gasteiger partial charge on any atom is -0.497 e. The van der Waals surface area contributed by atoms with Crippen molar-refractivity contribution in [2.75, 3.05) is 12.0 Å². The van der Waals surface area contributed by atoms with Gasteiger partial charge in [0.2, 0.25) is 0 Å². The summed E-state index contributed by atoms with van der Waals surface area (Å²) in [6.07, 6.45) is 4.75. The smallest absolute Gasteiger partial charge is 0.121 e.